The average Bonchev–Trinajstić information content (AvgIpc) is 2.76. The van der Waals surface area contributed by atoms with Crippen LogP contribution in [0.1, 0.15) is 36.7 Å². The van der Waals surface area contributed by atoms with E-state index in [0.717, 1.165) is 12.8 Å². The molecule has 1 amide bonds. The van der Waals surface area contributed by atoms with E-state index >= 15 is 0 Å². The molecule has 88 valence electrons. The van der Waals surface area contributed by atoms with Crippen LogP contribution in [0.4, 0.5) is 0 Å². The van der Waals surface area contributed by atoms with Crippen LogP contribution >= 0.6 is 0 Å². The lowest BCUT2D eigenvalue weighted by Crippen LogP contribution is -2.40. The van der Waals surface area contributed by atoms with Crippen molar-refractivity contribution in [1.82, 2.24) is 5.32 Å². The standard InChI is InChI=1S/C11H15NO4/c1-2-3-5-8(11(14)15)12-10(13)9-6-4-7-16-9/h4,6-8H,2-3,5H2,1H3,(H,12,13)(H,14,15)/t8-/m0/s1. The smallest absolute Gasteiger partial charge is 0.326 e. The highest BCUT2D eigenvalue weighted by Gasteiger charge is 2.20. The molecule has 0 aliphatic rings. The molecule has 1 aromatic heterocycles. The zero-order valence-electron chi connectivity index (χ0n) is 9.10. The summed E-state index contributed by atoms with van der Waals surface area (Å²) >= 11 is 0. The van der Waals surface area contributed by atoms with Gasteiger partial charge in [-0.3, -0.25) is 4.79 Å². The number of aliphatic carboxylic acids is 1. The summed E-state index contributed by atoms with van der Waals surface area (Å²) < 4.78 is 4.88. The van der Waals surface area contributed by atoms with Gasteiger partial charge in [0.2, 0.25) is 0 Å². The summed E-state index contributed by atoms with van der Waals surface area (Å²) in [5.41, 5.74) is 0. The fourth-order valence-corrected chi connectivity index (χ4v) is 1.30. The molecule has 0 bridgehead atoms. The zero-order valence-corrected chi connectivity index (χ0v) is 9.10. The molecule has 0 spiro atoms. The Morgan fingerprint density at radius 1 is 1.56 bits per heavy atom. The Hall–Kier alpha value is -1.78. The maximum atomic E-state index is 11.5. The summed E-state index contributed by atoms with van der Waals surface area (Å²) in [4.78, 5) is 22.4. The molecule has 1 atom stereocenters. The molecule has 5 nitrogen and oxygen atoms in total. The molecule has 0 radical (unpaired) electrons. The Morgan fingerprint density at radius 3 is 2.81 bits per heavy atom. The lowest BCUT2D eigenvalue weighted by atomic mass is 10.1. The molecular formula is C11H15NO4. The predicted octanol–water partition coefficient (Wildman–Crippen LogP) is 1.65. The maximum Gasteiger partial charge on any atom is 0.326 e. The van der Waals surface area contributed by atoms with Gasteiger partial charge in [-0.15, -0.1) is 0 Å². The summed E-state index contributed by atoms with van der Waals surface area (Å²) in [5.74, 6) is -1.38. The molecule has 0 aliphatic heterocycles. The Morgan fingerprint density at radius 2 is 2.31 bits per heavy atom. The number of nitrogens with one attached hydrogen (secondary N) is 1. The molecular weight excluding hydrogens is 210 g/mol. The molecule has 0 aliphatic carbocycles. The van der Waals surface area contributed by atoms with Crippen molar-refractivity contribution in [3.8, 4) is 0 Å². The van der Waals surface area contributed by atoms with Crippen LogP contribution in [0.2, 0.25) is 0 Å². The lowest BCUT2D eigenvalue weighted by molar-refractivity contribution is -0.139. The van der Waals surface area contributed by atoms with E-state index in [1.807, 2.05) is 6.92 Å². The van der Waals surface area contributed by atoms with Crippen molar-refractivity contribution >= 4 is 11.9 Å². The molecule has 1 heterocycles. The summed E-state index contributed by atoms with van der Waals surface area (Å²) in [5, 5.41) is 11.3. The Bertz CT molecular complexity index is 345. The van der Waals surface area contributed by atoms with E-state index in [-0.39, 0.29) is 5.76 Å². The molecule has 2 N–H and O–H groups in total. The van der Waals surface area contributed by atoms with E-state index in [0.29, 0.717) is 6.42 Å². The summed E-state index contributed by atoms with van der Waals surface area (Å²) in [6.45, 7) is 1.97. The summed E-state index contributed by atoms with van der Waals surface area (Å²) in [7, 11) is 0. The number of carboxylic acid groups (broad SMARTS) is 1. The van der Waals surface area contributed by atoms with E-state index < -0.39 is 17.9 Å². The second-order valence-corrected chi connectivity index (χ2v) is 3.48. The fraction of sp³-hybridized carbons (Fsp3) is 0.455. The number of hydrogen-bond donors (Lipinski definition) is 2. The van der Waals surface area contributed by atoms with Crippen molar-refractivity contribution < 1.29 is 19.1 Å². The van der Waals surface area contributed by atoms with Crippen LogP contribution in [0.5, 0.6) is 0 Å². The number of furan rings is 1. The van der Waals surface area contributed by atoms with Gasteiger partial charge in [-0.1, -0.05) is 19.8 Å². The van der Waals surface area contributed by atoms with Crippen LogP contribution in [0.25, 0.3) is 0 Å². The van der Waals surface area contributed by atoms with Gasteiger partial charge in [0, 0.05) is 0 Å². The van der Waals surface area contributed by atoms with Crippen LogP contribution in [0.15, 0.2) is 22.8 Å². The van der Waals surface area contributed by atoms with Crippen LogP contribution in [-0.2, 0) is 4.79 Å². The first-order chi connectivity index (χ1) is 7.65. The highest BCUT2D eigenvalue weighted by molar-refractivity contribution is 5.94. The zero-order chi connectivity index (χ0) is 12.0. The monoisotopic (exact) mass is 225 g/mol. The van der Waals surface area contributed by atoms with Gasteiger partial charge >= 0.3 is 5.97 Å². The van der Waals surface area contributed by atoms with E-state index in [9.17, 15) is 9.59 Å². The van der Waals surface area contributed by atoms with Crippen molar-refractivity contribution in [2.75, 3.05) is 0 Å². The van der Waals surface area contributed by atoms with Crippen LogP contribution in [0, 0.1) is 0 Å². The van der Waals surface area contributed by atoms with E-state index in [2.05, 4.69) is 5.32 Å². The third-order valence-corrected chi connectivity index (χ3v) is 2.19. The van der Waals surface area contributed by atoms with Crippen molar-refractivity contribution in [3.63, 3.8) is 0 Å². The van der Waals surface area contributed by atoms with Gasteiger partial charge in [-0.2, -0.15) is 0 Å². The first kappa shape index (κ1) is 12.3. The van der Waals surface area contributed by atoms with E-state index in [1.165, 1.54) is 12.3 Å². The van der Waals surface area contributed by atoms with Crippen molar-refractivity contribution in [3.05, 3.63) is 24.2 Å². The van der Waals surface area contributed by atoms with Gasteiger partial charge in [0.1, 0.15) is 6.04 Å². The van der Waals surface area contributed by atoms with Crippen LogP contribution < -0.4 is 5.32 Å². The summed E-state index contributed by atoms with van der Waals surface area (Å²) in [6, 6.07) is 2.22. The topological polar surface area (TPSA) is 79.5 Å². The van der Waals surface area contributed by atoms with Crippen LogP contribution in [0.3, 0.4) is 0 Å². The fourth-order valence-electron chi connectivity index (χ4n) is 1.30. The number of rotatable bonds is 6. The van der Waals surface area contributed by atoms with Crippen LogP contribution in [-0.4, -0.2) is 23.0 Å². The number of amides is 1. The molecule has 5 heteroatoms. The first-order valence-corrected chi connectivity index (χ1v) is 5.22. The number of carboxylic acids is 1. The second-order valence-electron chi connectivity index (χ2n) is 3.48. The molecule has 0 saturated heterocycles. The second kappa shape index (κ2) is 5.95. The van der Waals surface area contributed by atoms with Crippen molar-refractivity contribution in [1.29, 1.82) is 0 Å². The quantitative estimate of drug-likeness (QED) is 0.771. The van der Waals surface area contributed by atoms with Gasteiger partial charge in [0.25, 0.3) is 5.91 Å². The number of carbonyl (C=O) groups is 2. The normalized spacial score (nSPS) is 12.1. The molecule has 1 rings (SSSR count). The Balaban J connectivity index is 2.54. The number of hydrogen-bond acceptors (Lipinski definition) is 3. The Labute approximate surface area is 93.4 Å². The van der Waals surface area contributed by atoms with Gasteiger partial charge in [-0.05, 0) is 18.6 Å². The highest BCUT2D eigenvalue weighted by Crippen LogP contribution is 2.04. The molecule has 1 aromatic rings. The average molecular weight is 225 g/mol. The molecule has 0 unspecified atom stereocenters. The van der Waals surface area contributed by atoms with Gasteiger partial charge in [0.15, 0.2) is 5.76 Å². The van der Waals surface area contributed by atoms with Gasteiger partial charge in [0.05, 0.1) is 6.26 Å². The summed E-state index contributed by atoms with van der Waals surface area (Å²) in [6.07, 6.45) is 3.45. The maximum absolute atomic E-state index is 11.5. The Kier molecular flexibility index (Phi) is 4.57. The third kappa shape index (κ3) is 3.42. The molecule has 0 saturated carbocycles. The van der Waals surface area contributed by atoms with Gasteiger partial charge in [-0.25, -0.2) is 4.79 Å². The van der Waals surface area contributed by atoms with Gasteiger partial charge < -0.3 is 14.8 Å². The highest BCUT2D eigenvalue weighted by atomic mass is 16.4. The van der Waals surface area contributed by atoms with E-state index in [1.54, 1.807) is 6.07 Å². The van der Waals surface area contributed by atoms with Crippen molar-refractivity contribution in [2.24, 2.45) is 0 Å². The minimum Gasteiger partial charge on any atom is -0.480 e. The van der Waals surface area contributed by atoms with E-state index in [4.69, 9.17) is 9.52 Å². The molecule has 16 heavy (non-hydrogen) atoms. The first-order valence-electron chi connectivity index (χ1n) is 5.22. The largest absolute Gasteiger partial charge is 0.480 e. The molecule has 0 fully saturated rings. The SMILES string of the molecule is CCCC[C@H](NC(=O)c1ccco1)C(=O)O. The number of unbranched alkanes of at least 4 members (excludes halogenated alkanes) is 1. The predicted molar refractivity (Wildman–Crippen MR) is 57.1 cm³/mol. The minimum atomic E-state index is -1.02. The van der Waals surface area contributed by atoms with Crippen molar-refractivity contribution in [2.45, 2.75) is 32.2 Å². The molecule has 0 aromatic carbocycles. The number of carbonyl (C=O) groups excluding carboxylic acids is 1. The lowest BCUT2D eigenvalue weighted by Gasteiger charge is -2.12. The third-order valence-electron chi connectivity index (χ3n) is 2.19. The minimum absolute atomic E-state index is 0.128.